The minimum atomic E-state index is -0.691. The maximum absolute atomic E-state index is 14.9. The number of nitrogens with one attached hydrogen (secondary N) is 1. The van der Waals surface area contributed by atoms with Crippen LogP contribution in [-0.2, 0) is 14.0 Å². The molecule has 30 heavy (non-hydrogen) atoms. The molecule has 1 N–H and O–H groups in total. The highest BCUT2D eigenvalue weighted by molar-refractivity contribution is 6.62. The topological polar surface area (TPSA) is 69.7 Å². The smallest absolute Gasteiger partial charge is 0.450 e. The number of aromatic nitrogens is 1. The van der Waals surface area contributed by atoms with Crippen molar-refractivity contribution in [2.75, 3.05) is 6.61 Å². The molecule has 1 aromatic heterocycles. The van der Waals surface area contributed by atoms with Crippen LogP contribution in [0.15, 0.2) is 24.4 Å². The third-order valence-electron chi connectivity index (χ3n) is 5.91. The lowest BCUT2D eigenvalue weighted by atomic mass is 9.78. The highest BCUT2D eigenvalue weighted by Gasteiger charge is 2.51. The average molecular weight is 416 g/mol. The van der Waals surface area contributed by atoms with E-state index in [4.69, 9.17) is 14.0 Å². The SMILES string of the molecule is CCCCOC(=O)NC(C)c1ccnc2c(F)cc(B3OC(C)(C)C(C)(C)O3)cc12. The summed E-state index contributed by atoms with van der Waals surface area (Å²) in [5, 5.41) is 3.41. The number of carbonyl (C=O) groups is 1. The molecule has 1 atom stereocenters. The Morgan fingerprint density at radius 3 is 2.57 bits per heavy atom. The molecule has 0 bridgehead atoms. The van der Waals surface area contributed by atoms with E-state index in [1.807, 2.05) is 47.6 Å². The van der Waals surface area contributed by atoms with Crippen molar-refractivity contribution in [1.29, 1.82) is 0 Å². The number of benzene rings is 1. The second-order valence-corrected chi connectivity index (χ2v) is 8.74. The number of nitrogens with zero attached hydrogens (tertiary/aromatic N) is 1. The Bertz CT molecular complexity index is 919. The van der Waals surface area contributed by atoms with Crippen molar-refractivity contribution in [3.8, 4) is 0 Å². The van der Waals surface area contributed by atoms with Crippen LogP contribution in [0.5, 0.6) is 0 Å². The van der Waals surface area contributed by atoms with Crippen molar-refractivity contribution in [2.45, 2.75) is 71.6 Å². The van der Waals surface area contributed by atoms with Gasteiger partial charge in [-0.25, -0.2) is 9.18 Å². The van der Waals surface area contributed by atoms with Gasteiger partial charge in [0.1, 0.15) is 11.3 Å². The first kappa shape index (κ1) is 22.5. The van der Waals surface area contributed by atoms with Gasteiger partial charge in [0.25, 0.3) is 0 Å². The van der Waals surface area contributed by atoms with E-state index in [2.05, 4.69) is 10.3 Å². The van der Waals surface area contributed by atoms with Crippen LogP contribution in [0, 0.1) is 5.82 Å². The van der Waals surface area contributed by atoms with Gasteiger partial charge in [0.05, 0.1) is 23.9 Å². The zero-order chi connectivity index (χ0) is 22.1. The van der Waals surface area contributed by atoms with E-state index in [1.54, 1.807) is 6.07 Å². The molecule has 1 aromatic carbocycles. The molecular weight excluding hydrogens is 386 g/mol. The molecule has 1 fully saturated rings. The van der Waals surface area contributed by atoms with Crippen molar-refractivity contribution in [3.63, 3.8) is 0 Å². The first-order valence-electron chi connectivity index (χ1n) is 10.4. The molecule has 0 aliphatic carbocycles. The van der Waals surface area contributed by atoms with Gasteiger partial charge in [-0.15, -0.1) is 0 Å². The molecule has 162 valence electrons. The lowest BCUT2D eigenvalue weighted by molar-refractivity contribution is 0.00578. The van der Waals surface area contributed by atoms with Crippen molar-refractivity contribution < 1.29 is 23.2 Å². The van der Waals surface area contributed by atoms with Crippen LogP contribution < -0.4 is 10.8 Å². The van der Waals surface area contributed by atoms with E-state index < -0.39 is 36.3 Å². The molecule has 1 saturated heterocycles. The predicted molar refractivity (Wildman–Crippen MR) is 115 cm³/mol. The van der Waals surface area contributed by atoms with Gasteiger partial charge in [-0.1, -0.05) is 19.4 Å². The van der Waals surface area contributed by atoms with E-state index in [0.717, 1.165) is 18.4 Å². The zero-order valence-electron chi connectivity index (χ0n) is 18.5. The van der Waals surface area contributed by atoms with Gasteiger partial charge < -0.3 is 19.4 Å². The fraction of sp³-hybridized carbons (Fsp3) is 0.545. The number of halogens is 1. The number of hydrogen-bond acceptors (Lipinski definition) is 5. The summed E-state index contributed by atoms with van der Waals surface area (Å²) in [5.41, 5.74) is 0.492. The first-order valence-corrected chi connectivity index (χ1v) is 10.4. The molecule has 0 radical (unpaired) electrons. The summed E-state index contributed by atoms with van der Waals surface area (Å²) in [4.78, 5) is 16.2. The number of alkyl carbamates (subject to hydrolysis) is 1. The fourth-order valence-corrected chi connectivity index (χ4v) is 3.35. The number of fused-ring (bicyclic) bond motifs is 1. The molecule has 1 aliphatic rings. The summed E-state index contributed by atoms with van der Waals surface area (Å²) in [7, 11) is -0.691. The van der Waals surface area contributed by atoms with Gasteiger partial charge in [0.2, 0.25) is 0 Å². The lowest BCUT2D eigenvalue weighted by Gasteiger charge is -2.32. The van der Waals surface area contributed by atoms with Gasteiger partial charge >= 0.3 is 13.2 Å². The molecule has 1 aliphatic heterocycles. The fourth-order valence-electron chi connectivity index (χ4n) is 3.35. The van der Waals surface area contributed by atoms with Crippen LogP contribution in [0.1, 0.15) is 66.0 Å². The summed E-state index contributed by atoms with van der Waals surface area (Å²) in [6, 6.07) is 4.60. The summed E-state index contributed by atoms with van der Waals surface area (Å²) in [5.74, 6) is -0.461. The van der Waals surface area contributed by atoms with Gasteiger partial charge in [-0.2, -0.15) is 0 Å². The van der Waals surface area contributed by atoms with E-state index >= 15 is 0 Å². The van der Waals surface area contributed by atoms with Gasteiger partial charge in [0, 0.05) is 11.6 Å². The second kappa shape index (κ2) is 8.51. The minimum Gasteiger partial charge on any atom is -0.450 e. The standard InChI is InChI=1S/C22H30BFN2O4/c1-7-8-11-28-20(27)26-14(2)16-9-10-25-19-17(16)12-15(13-18(19)24)23-29-21(3,4)22(5,6)30-23/h9-10,12-14H,7-8,11H2,1-6H3,(H,26,27). The number of ether oxygens (including phenoxy) is 1. The summed E-state index contributed by atoms with van der Waals surface area (Å²) in [6.07, 6.45) is 2.79. The molecule has 2 aromatic rings. The Morgan fingerprint density at radius 2 is 1.93 bits per heavy atom. The molecular formula is C22H30BFN2O4. The predicted octanol–water partition coefficient (Wildman–Crippen LogP) is 4.26. The Hall–Kier alpha value is -2.19. The molecule has 8 heteroatoms. The number of carbonyl (C=O) groups excluding carboxylic acids is 1. The third kappa shape index (κ3) is 4.44. The molecule has 0 spiro atoms. The largest absolute Gasteiger partial charge is 0.494 e. The van der Waals surface area contributed by atoms with Crippen LogP contribution in [-0.4, -0.2) is 36.0 Å². The molecule has 3 rings (SSSR count). The number of unbranched alkanes of at least 4 members (excludes halogenated alkanes) is 1. The van der Waals surface area contributed by atoms with Gasteiger partial charge in [-0.3, -0.25) is 4.98 Å². The summed E-state index contributed by atoms with van der Waals surface area (Å²) < 4.78 is 32.2. The first-order chi connectivity index (χ1) is 14.1. The van der Waals surface area contributed by atoms with Crippen molar-refractivity contribution in [1.82, 2.24) is 10.3 Å². The second-order valence-electron chi connectivity index (χ2n) is 8.74. The Kier molecular flexibility index (Phi) is 6.38. The Labute approximate surface area is 177 Å². The lowest BCUT2D eigenvalue weighted by Crippen LogP contribution is -2.41. The van der Waals surface area contributed by atoms with Crippen molar-refractivity contribution >= 4 is 29.6 Å². The van der Waals surface area contributed by atoms with Crippen LogP contribution in [0.25, 0.3) is 10.9 Å². The number of rotatable bonds is 6. The van der Waals surface area contributed by atoms with E-state index in [0.29, 0.717) is 17.5 Å². The maximum atomic E-state index is 14.9. The summed E-state index contributed by atoms with van der Waals surface area (Å²) >= 11 is 0. The van der Waals surface area contributed by atoms with Crippen LogP contribution in [0.2, 0.25) is 0 Å². The van der Waals surface area contributed by atoms with E-state index in [1.165, 1.54) is 12.3 Å². The zero-order valence-corrected chi connectivity index (χ0v) is 18.5. The maximum Gasteiger partial charge on any atom is 0.494 e. The van der Waals surface area contributed by atoms with Gasteiger partial charge in [0.15, 0.2) is 0 Å². The van der Waals surface area contributed by atoms with Crippen LogP contribution >= 0.6 is 0 Å². The number of amides is 1. The van der Waals surface area contributed by atoms with Gasteiger partial charge in [-0.05, 0) is 64.2 Å². The summed E-state index contributed by atoms with van der Waals surface area (Å²) in [6.45, 7) is 12.0. The highest BCUT2D eigenvalue weighted by Crippen LogP contribution is 2.37. The van der Waals surface area contributed by atoms with Crippen molar-refractivity contribution in [2.24, 2.45) is 0 Å². The van der Waals surface area contributed by atoms with E-state index in [9.17, 15) is 9.18 Å². The third-order valence-corrected chi connectivity index (χ3v) is 5.91. The quantitative estimate of drug-likeness (QED) is 0.563. The van der Waals surface area contributed by atoms with Crippen molar-refractivity contribution in [3.05, 3.63) is 35.8 Å². The molecule has 0 saturated carbocycles. The monoisotopic (exact) mass is 416 g/mol. The molecule has 1 amide bonds. The molecule has 1 unspecified atom stereocenters. The number of pyridine rings is 1. The Balaban J connectivity index is 1.91. The van der Waals surface area contributed by atoms with Crippen LogP contribution in [0.3, 0.4) is 0 Å². The highest BCUT2D eigenvalue weighted by atomic mass is 19.1. The number of hydrogen-bond donors (Lipinski definition) is 1. The Morgan fingerprint density at radius 1 is 1.27 bits per heavy atom. The van der Waals surface area contributed by atoms with Crippen LogP contribution in [0.4, 0.5) is 9.18 Å². The normalized spacial score (nSPS) is 18.4. The minimum absolute atomic E-state index is 0.237. The van der Waals surface area contributed by atoms with E-state index in [-0.39, 0.29) is 5.52 Å². The molecule has 6 nitrogen and oxygen atoms in total. The average Bonchev–Trinajstić information content (AvgIpc) is 2.89. The molecule has 2 heterocycles.